The van der Waals surface area contributed by atoms with Crippen molar-refractivity contribution in [3.05, 3.63) is 65.8 Å². The fourth-order valence-electron chi connectivity index (χ4n) is 3.29. The molecule has 0 aliphatic carbocycles. The van der Waals surface area contributed by atoms with E-state index in [1.165, 1.54) is 0 Å². The number of nitrogens with one attached hydrogen (secondary N) is 1. The number of aromatic nitrogens is 2. The number of hydrogen-bond donors (Lipinski definition) is 1. The Hall–Kier alpha value is -2.93. The van der Waals surface area contributed by atoms with E-state index in [1.54, 1.807) is 11.3 Å². The van der Waals surface area contributed by atoms with Gasteiger partial charge >= 0.3 is 0 Å². The molecule has 0 bridgehead atoms. The van der Waals surface area contributed by atoms with Crippen LogP contribution in [0.25, 0.3) is 10.6 Å². The van der Waals surface area contributed by atoms with Crippen LogP contribution in [0, 0.1) is 0 Å². The SMILES string of the molecule is CN=C(NCc1csc(-c2ccccc2)n1)N1CCN(c2ccccn2)CC1. The maximum atomic E-state index is 4.75. The molecular formula is C21H24N6S. The molecule has 2 aromatic heterocycles. The van der Waals surface area contributed by atoms with Gasteiger partial charge in [0.1, 0.15) is 10.8 Å². The molecule has 0 amide bonds. The van der Waals surface area contributed by atoms with E-state index < -0.39 is 0 Å². The number of rotatable bonds is 4. The van der Waals surface area contributed by atoms with Gasteiger partial charge < -0.3 is 15.1 Å². The molecule has 1 aliphatic heterocycles. The second-order valence-corrected chi connectivity index (χ2v) is 7.43. The van der Waals surface area contributed by atoms with Gasteiger partial charge in [-0.3, -0.25) is 4.99 Å². The zero-order valence-electron chi connectivity index (χ0n) is 16.0. The molecule has 4 rings (SSSR count). The molecule has 0 spiro atoms. The molecule has 0 atom stereocenters. The summed E-state index contributed by atoms with van der Waals surface area (Å²) < 4.78 is 0. The first-order valence-corrected chi connectivity index (χ1v) is 10.3. The minimum Gasteiger partial charge on any atom is -0.353 e. The Labute approximate surface area is 169 Å². The number of benzene rings is 1. The smallest absolute Gasteiger partial charge is 0.194 e. The molecule has 1 N–H and O–H groups in total. The first kappa shape index (κ1) is 18.4. The zero-order chi connectivity index (χ0) is 19.2. The van der Waals surface area contributed by atoms with E-state index in [4.69, 9.17) is 4.98 Å². The number of pyridine rings is 1. The maximum absolute atomic E-state index is 4.75. The summed E-state index contributed by atoms with van der Waals surface area (Å²) in [5.74, 6) is 1.97. The van der Waals surface area contributed by atoms with Crippen LogP contribution in [0.4, 0.5) is 5.82 Å². The molecule has 1 aliphatic rings. The molecule has 1 saturated heterocycles. The van der Waals surface area contributed by atoms with Crippen LogP contribution in [0.3, 0.4) is 0 Å². The van der Waals surface area contributed by atoms with E-state index >= 15 is 0 Å². The van der Waals surface area contributed by atoms with Crippen molar-refractivity contribution in [1.82, 2.24) is 20.2 Å². The number of nitrogens with zero attached hydrogens (tertiary/aromatic N) is 5. The fraction of sp³-hybridized carbons (Fsp3) is 0.286. The van der Waals surface area contributed by atoms with Gasteiger partial charge in [-0.05, 0) is 12.1 Å². The maximum Gasteiger partial charge on any atom is 0.194 e. The van der Waals surface area contributed by atoms with Crippen molar-refractivity contribution in [2.75, 3.05) is 38.1 Å². The highest BCUT2D eigenvalue weighted by Gasteiger charge is 2.20. The van der Waals surface area contributed by atoms with Crippen molar-refractivity contribution in [1.29, 1.82) is 0 Å². The number of hydrogen-bond acceptors (Lipinski definition) is 5. The van der Waals surface area contributed by atoms with Crippen LogP contribution >= 0.6 is 11.3 Å². The third-order valence-electron chi connectivity index (χ3n) is 4.76. The zero-order valence-corrected chi connectivity index (χ0v) is 16.8. The summed E-state index contributed by atoms with van der Waals surface area (Å²) >= 11 is 1.68. The van der Waals surface area contributed by atoms with Crippen LogP contribution in [-0.2, 0) is 6.54 Å². The van der Waals surface area contributed by atoms with Gasteiger partial charge in [-0.15, -0.1) is 11.3 Å². The lowest BCUT2D eigenvalue weighted by molar-refractivity contribution is 0.371. The molecule has 0 unspecified atom stereocenters. The van der Waals surface area contributed by atoms with Crippen LogP contribution in [0.5, 0.6) is 0 Å². The topological polar surface area (TPSA) is 56.7 Å². The highest BCUT2D eigenvalue weighted by molar-refractivity contribution is 7.13. The minimum absolute atomic E-state index is 0.677. The number of aliphatic imine (C=N–C) groups is 1. The molecule has 3 heterocycles. The monoisotopic (exact) mass is 392 g/mol. The van der Waals surface area contributed by atoms with Crippen molar-refractivity contribution in [3.8, 4) is 10.6 Å². The average Bonchev–Trinajstić information content (AvgIpc) is 3.25. The summed E-state index contributed by atoms with van der Waals surface area (Å²) in [7, 11) is 1.84. The Bertz CT molecular complexity index is 901. The first-order chi connectivity index (χ1) is 13.8. The minimum atomic E-state index is 0.677. The van der Waals surface area contributed by atoms with E-state index in [2.05, 4.69) is 48.7 Å². The summed E-state index contributed by atoms with van der Waals surface area (Å²) in [5.41, 5.74) is 2.20. The molecule has 144 valence electrons. The van der Waals surface area contributed by atoms with Crippen LogP contribution in [0.15, 0.2) is 65.1 Å². The summed E-state index contributed by atoms with van der Waals surface area (Å²) in [6, 6.07) is 16.3. The molecule has 6 nitrogen and oxygen atoms in total. The van der Waals surface area contributed by atoms with Gasteiger partial charge in [0.15, 0.2) is 5.96 Å². The lowest BCUT2D eigenvalue weighted by atomic mass is 10.2. The number of guanidine groups is 1. The number of thiazole rings is 1. The van der Waals surface area contributed by atoms with E-state index in [-0.39, 0.29) is 0 Å². The van der Waals surface area contributed by atoms with Crippen molar-refractivity contribution >= 4 is 23.1 Å². The quantitative estimate of drug-likeness (QED) is 0.546. The summed E-state index contributed by atoms with van der Waals surface area (Å²) in [6.07, 6.45) is 1.85. The van der Waals surface area contributed by atoms with Crippen LogP contribution in [-0.4, -0.2) is 54.1 Å². The van der Waals surface area contributed by atoms with Gasteiger partial charge in [0.25, 0.3) is 0 Å². The van der Waals surface area contributed by atoms with Crippen molar-refractivity contribution in [2.24, 2.45) is 4.99 Å². The molecule has 0 radical (unpaired) electrons. The average molecular weight is 393 g/mol. The van der Waals surface area contributed by atoms with Gasteiger partial charge in [0.05, 0.1) is 12.2 Å². The van der Waals surface area contributed by atoms with E-state index in [0.717, 1.165) is 54.2 Å². The predicted molar refractivity (Wildman–Crippen MR) is 116 cm³/mol. The van der Waals surface area contributed by atoms with Gasteiger partial charge in [-0.25, -0.2) is 9.97 Å². The van der Waals surface area contributed by atoms with E-state index in [9.17, 15) is 0 Å². The normalized spacial score (nSPS) is 15.0. The van der Waals surface area contributed by atoms with Crippen molar-refractivity contribution < 1.29 is 0 Å². The first-order valence-electron chi connectivity index (χ1n) is 9.45. The molecular weight excluding hydrogens is 368 g/mol. The van der Waals surface area contributed by atoms with Crippen molar-refractivity contribution in [3.63, 3.8) is 0 Å². The van der Waals surface area contributed by atoms with Crippen LogP contribution in [0.2, 0.25) is 0 Å². The second kappa shape index (κ2) is 8.84. The summed E-state index contributed by atoms with van der Waals surface area (Å²) in [5, 5.41) is 6.63. The Morgan fingerprint density at radius 1 is 1.07 bits per heavy atom. The molecule has 1 fully saturated rings. The standard InChI is InChI=1S/C21H24N6S/c1-22-21(27-13-11-26(12-14-27)19-9-5-6-10-23-19)24-15-18-16-28-20(25-18)17-7-3-2-4-8-17/h2-10,16H,11-15H2,1H3,(H,22,24). The number of piperazine rings is 1. The summed E-state index contributed by atoms with van der Waals surface area (Å²) in [4.78, 5) is 18.3. The lowest BCUT2D eigenvalue weighted by Gasteiger charge is -2.37. The third-order valence-corrected chi connectivity index (χ3v) is 5.70. The Morgan fingerprint density at radius 2 is 1.86 bits per heavy atom. The van der Waals surface area contributed by atoms with Gasteiger partial charge in [0, 0.05) is 50.4 Å². The van der Waals surface area contributed by atoms with E-state index in [1.807, 2.05) is 43.6 Å². The third kappa shape index (κ3) is 4.31. The van der Waals surface area contributed by atoms with Crippen molar-refractivity contribution in [2.45, 2.75) is 6.54 Å². The summed E-state index contributed by atoms with van der Waals surface area (Å²) in [6.45, 7) is 4.39. The number of anilines is 1. The lowest BCUT2D eigenvalue weighted by Crippen LogP contribution is -2.52. The van der Waals surface area contributed by atoms with Crippen LogP contribution < -0.4 is 10.2 Å². The molecule has 28 heavy (non-hydrogen) atoms. The molecule has 1 aromatic carbocycles. The highest BCUT2D eigenvalue weighted by Crippen LogP contribution is 2.23. The second-order valence-electron chi connectivity index (χ2n) is 6.57. The molecule has 3 aromatic rings. The Balaban J connectivity index is 1.32. The van der Waals surface area contributed by atoms with Gasteiger partial charge in [-0.2, -0.15) is 0 Å². The fourth-order valence-corrected chi connectivity index (χ4v) is 4.12. The molecule has 0 saturated carbocycles. The highest BCUT2D eigenvalue weighted by atomic mass is 32.1. The van der Waals surface area contributed by atoms with Gasteiger partial charge in [0.2, 0.25) is 0 Å². The Kier molecular flexibility index (Phi) is 5.82. The molecule has 7 heteroatoms. The van der Waals surface area contributed by atoms with Gasteiger partial charge in [-0.1, -0.05) is 36.4 Å². The van der Waals surface area contributed by atoms with Crippen LogP contribution in [0.1, 0.15) is 5.69 Å². The van der Waals surface area contributed by atoms with E-state index in [0.29, 0.717) is 6.54 Å². The predicted octanol–water partition coefficient (Wildman–Crippen LogP) is 3.10. The largest absolute Gasteiger partial charge is 0.353 e. The Morgan fingerprint density at radius 3 is 2.57 bits per heavy atom.